The van der Waals surface area contributed by atoms with Gasteiger partial charge in [-0.25, -0.2) is 14.6 Å². The summed E-state index contributed by atoms with van der Waals surface area (Å²) in [5, 5.41) is 0. The van der Waals surface area contributed by atoms with Crippen molar-refractivity contribution in [2.75, 3.05) is 9.80 Å². The number of nitrogens with zero attached hydrogens (tertiary/aromatic N) is 2. The highest BCUT2D eigenvalue weighted by Crippen LogP contribution is 2.58. The maximum absolute atomic E-state index is 14.9. The second-order valence-corrected chi connectivity index (χ2v) is 9.98. The number of hydrogen-bond acceptors (Lipinski definition) is 4. The molecule has 1 spiro atoms. The number of anilines is 2. The molecule has 192 valence electrons. The van der Waals surface area contributed by atoms with Gasteiger partial charge in [0.05, 0.1) is 11.4 Å². The fraction of sp³-hybridized carbons (Fsp3) is 0.152. The Kier molecular flexibility index (Phi) is 6.15. The minimum Gasteiger partial charge on any atom is -0.300 e. The van der Waals surface area contributed by atoms with E-state index in [1.807, 2.05) is 60.7 Å². The lowest BCUT2D eigenvalue weighted by Crippen LogP contribution is -2.70. The van der Waals surface area contributed by atoms with Crippen molar-refractivity contribution in [2.24, 2.45) is 5.41 Å². The molecule has 6 nitrogen and oxygen atoms in total. The Hall–Kier alpha value is -4.84. The number of hydrogen-bond donors (Lipinski definition) is 0. The molecule has 0 aromatic heterocycles. The molecule has 2 atom stereocenters. The van der Waals surface area contributed by atoms with Gasteiger partial charge < -0.3 is 0 Å². The first kappa shape index (κ1) is 24.5. The maximum Gasteiger partial charge on any atom is 0.342 e. The predicted octanol–water partition coefficient (Wildman–Crippen LogP) is 6.10. The second kappa shape index (κ2) is 9.80. The molecular weight excluding hydrogens is 488 g/mol. The van der Waals surface area contributed by atoms with Crippen LogP contribution >= 0.6 is 0 Å². The Balaban J connectivity index is 1.67. The van der Waals surface area contributed by atoms with Gasteiger partial charge in [0.15, 0.2) is 0 Å². The number of amides is 4. The molecule has 1 heterocycles. The average Bonchev–Trinajstić information content (AvgIpc) is 2.98. The first-order valence-corrected chi connectivity index (χ1v) is 13.0. The molecule has 6 rings (SSSR count). The second-order valence-electron chi connectivity index (χ2n) is 9.98. The summed E-state index contributed by atoms with van der Waals surface area (Å²) in [5.41, 5.74) is 0.426. The van der Waals surface area contributed by atoms with E-state index in [-0.39, 0.29) is 18.6 Å². The van der Waals surface area contributed by atoms with Crippen LogP contribution in [0.25, 0.3) is 0 Å². The minimum absolute atomic E-state index is 0.0181. The fourth-order valence-electron chi connectivity index (χ4n) is 6.18. The van der Waals surface area contributed by atoms with Gasteiger partial charge in [0.2, 0.25) is 0 Å². The molecule has 2 aliphatic rings. The van der Waals surface area contributed by atoms with Gasteiger partial charge in [-0.1, -0.05) is 97.1 Å². The molecule has 0 radical (unpaired) electrons. The monoisotopic (exact) mass is 514 g/mol. The lowest BCUT2D eigenvalue weighted by Gasteiger charge is -2.52. The summed E-state index contributed by atoms with van der Waals surface area (Å²) in [5.74, 6) is -2.78. The van der Waals surface area contributed by atoms with Gasteiger partial charge in [-0.2, -0.15) is 0 Å². The number of carbonyl (C=O) groups excluding carboxylic acids is 4. The largest absolute Gasteiger partial charge is 0.342 e. The van der Waals surface area contributed by atoms with E-state index in [1.54, 1.807) is 60.7 Å². The van der Waals surface area contributed by atoms with Crippen LogP contribution in [0.2, 0.25) is 0 Å². The molecule has 2 fully saturated rings. The molecule has 1 saturated carbocycles. The Labute approximate surface area is 226 Å². The van der Waals surface area contributed by atoms with Crippen molar-refractivity contribution < 1.29 is 19.2 Å². The Morgan fingerprint density at radius 2 is 0.821 bits per heavy atom. The van der Waals surface area contributed by atoms with Gasteiger partial charge in [0.1, 0.15) is 11.2 Å². The number of urea groups is 1. The number of ketones is 1. The Morgan fingerprint density at radius 1 is 0.487 bits per heavy atom. The fourth-order valence-corrected chi connectivity index (χ4v) is 6.18. The highest BCUT2D eigenvalue weighted by Gasteiger charge is 2.67. The number of carbonyl (C=O) groups is 4. The van der Waals surface area contributed by atoms with E-state index in [1.165, 1.54) is 0 Å². The molecule has 1 aliphatic carbocycles. The SMILES string of the molecule is O=C1C[C@H](c2ccccc2)C2(C(=O)N(c3ccccc3)C(=O)N(c3ccccc3)C2=O)[C@H](c2ccccc2)C1. The standard InChI is InChI=1S/C33H26N2O4/c36-27-21-28(23-13-5-1-6-14-23)33(29(22-27)24-15-7-2-8-16-24)30(37)34(25-17-9-3-10-18-25)32(39)35(31(33)38)26-19-11-4-12-20-26/h1-20,28-29H,21-22H2/t28-,29+. The van der Waals surface area contributed by atoms with Crippen LogP contribution in [0, 0.1) is 5.41 Å². The number of imide groups is 2. The van der Waals surface area contributed by atoms with E-state index in [2.05, 4.69) is 0 Å². The summed E-state index contributed by atoms with van der Waals surface area (Å²) >= 11 is 0. The van der Waals surface area contributed by atoms with Crippen molar-refractivity contribution >= 4 is 35.0 Å². The smallest absolute Gasteiger partial charge is 0.300 e. The zero-order chi connectivity index (χ0) is 27.0. The third-order valence-corrected chi connectivity index (χ3v) is 7.89. The lowest BCUT2D eigenvalue weighted by atomic mass is 9.54. The van der Waals surface area contributed by atoms with Gasteiger partial charge in [-0.05, 0) is 35.4 Å². The maximum atomic E-state index is 14.9. The van der Waals surface area contributed by atoms with Crippen LogP contribution < -0.4 is 9.80 Å². The van der Waals surface area contributed by atoms with E-state index in [0.29, 0.717) is 22.5 Å². The van der Waals surface area contributed by atoms with Crippen LogP contribution in [0.5, 0.6) is 0 Å². The van der Waals surface area contributed by atoms with E-state index in [0.717, 1.165) is 9.80 Å². The summed E-state index contributed by atoms with van der Waals surface area (Å²) < 4.78 is 0. The van der Waals surface area contributed by atoms with Crippen molar-refractivity contribution in [3.05, 3.63) is 132 Å². The van der Waals surface area contributed by atoms with Crippen LogP contribution in [-0.4, -0.2) is 23.6 Å². The molecule has 0 bridgehead atoms. The summed E-state index contributed by atoms with van der Waals surface area (Å²) in [7, 11) is 0. The van der Waals surface area contributed by atoms with Crippen molar-refractivity contribution in [1.29, 1.82) is 0 Å². The Bertz CT molecular complexity index is 1420. The van der Waals surface area contributed by atoms with Crippen molar-refractivity contribution in [3.8, 4) is 0 Å². The molecule has 4 aromatic carbocycles. The zero-order valence-corrected chi connectivity index (χ0v) is 21.1. The van der Waals surface area contributed by atoms with Crippen LogP contribution in [-0.2, 0) is 14.4 Å². The van der Waals surface area contributed by atoms with E-state index < -0.39 is 35.1 Å². The third kappa shape index (κ3) is 3.87. The van der Waals surface area contributed by atoms with Crippen molar-refractivity contribution in [1.82, 2.24) is 0 Å². The molecular formula is C33H26N2O4. The highest BCUT2D eigenvalue weighted by atomic mass is 16.2. The summed E-state index contributed by atoms with van der Waals surface area (Å²) in [6.45, 7) is 0. The number of barbiturate groups is 1. The Morgan fingerprint density at radius 3 is 1.18 bits per heavy atom. The van der Waals surface area contributed by atoms with Crippen LogP contribution in [0.15, 0.2) is 121 Å². The van der Waals surface area contributed by atoms with Gasteiger partial charge in [0.25, 0.3) is 11.8 Å². The minimum atomic E-state index is -1.74. The molecule has 0 N–H and O–H groups in total. The van der Waals surface area contributed by atoms with Gasteiger partial charge in [-0.3, -0.25) is 14.4 Å². The molecule has 39 heavy (non-hydrogen) atoms. The normalized spacial score (nSPS) is 20.9. The average molecular weight is 515 g/mol. The van der Waals surface area contributed by atoms with Gasteiger partial charge >= 0.3 is 6.03 Å². The third-order valence-electron chi connectivity index (χ3n) is 7.89. The van der Waals surface area contributed by atoms with Gasteiger partial charge in [0, 0.05) is 24.7 Å². The number of para-hydroxylation sites is 2. The van der Waals surface area contributed by atoms with E-state index >= 15 is 0 Å². The molecule has 1 aliphatic heterocycles. The molecule has 1 saturated heterocycles. The molecule has 0 unspecified atom stereocenters. The topological polar surface area (TPSA) is 74.8 Å². The van der Waals surface area contributed by atoms with E-state index in [9.17, 15) is 19.2 Å². The quantitative estimate of drug-likeness (QED) is 0.308. The van der Waals surface area contributed by atoms with Crippen LogP contribution in [0.3, 0.4) is 0 Å². The van der Waals surface area contributed by atoms with Crippen LogP contribution in [0.4, 0.5) is 16.2 Å². The number of benzene rings is 4. The first-order valence-electron chi connectivity index (χ1n) is 13.0. The van der Waals surface area contributed by atoms with Crippen LogP contribution in [0.1, 0.15) is 35.8 Å². The summed E-state index contributed by atoms with van der Waals surface area (Å²) in [6.07, 6.45) is 0.0363. The lowest BCUT2D eigenvalue weighted by molar-refractivity contribution is -0.148. The van der Waals surface area contributed by atoms with E-state index in [4.69, 9.17) is 0 Å². The molecule has 6 heteroatoms. The number of Topliss-reactive ketones (excluding diaryl/α,β-unsaturated/α-hetero) is 1. The zero-order valence-electron chi connectivity index (χ0n) is 21.1. The highest BCUT2D eigenvalue weighted by molar-refractivity contribution is 6.39. The molecule has 4 amide bonds. The molecule has 4 aromatic rings. The van der Waals surface area contributed by atoms with Gasteiger partial charge in [-0.15, -0.1) is 0 Å². The van der Waals surface area contributed by atoms with Crippen molar-refractivity contribution in [3.63, 3.8) is 0 Å². The van der Waals surface area contributed by atoms with Crippen molar-refractivity contribution in [2.45, 2.75) is 24.7 Å². The summed E-state index contributed by atoms with van der Waals surface area (Å²) in [6, 6.07) is 35.1. The summed E-state index contributed by atoms with van der Waals surface area (Å²) in [4.78, 5) is 59.5. The predicted molar refractivity (Wildman–Crippen MR) is 148 cm³/mol. The number of rotatable bonds is 4. The first-order chi connectivity index (χ1) is 19.0.